The third-order valence-electron chi connectivity index (χ3n) is 3.80. The molecule has 0 amide bonds. The summed E-state index contributed by atoms with van der Waals surface area (Å²) < 4.78 is 39.0. The minimum Gasteiger partial charge on any atom is -0.346 e. The van der Waals surface area contributed by atoms with E-state index in [0.717, 1.165) is 18.2 Å². The van der Waals surface area contributed by atoms with E-state index in [0.29, 0.717) is 24.5 Å². The Morgan fingerprint density at radius 2 is 1.87 bits per heavy atom. The summed E-state index contributed by atoms with van der Waals surface area (Å²) in [5.41, 5.74) is 0.223. The zero-order valence-corrected chi connectivity index (χ0v) is 12.8. The molecule has 2 aromatic heterocycles. The molecule has 1 aliphatic rings. The van der Waals surface area contributed by atoms with Crippen LogP contribution in [0.2, 0.25) is 0 Å². The maximum atomic E-state index is 13.0. The number of aryl methyl sites for hydroxylation is 2. The molecular formula is C15H16F3N5. The molecule has 3 rings (SSSR count). The van der Waals surface area contributed by atoms with E-state index in [1.165, 1.54) is 6.33 Å². The smallest absolute Gasteiger partial charge is 0.346 e. The Morgan fingerprint density at radius 1 is 1.09 bits per heavy atom. The molecule has 5 nitrogen and oxygen atoms in total. The van der Waals surface area contributed by atoms with Crippen molar-refractivity contribution in [1.82, 2.24) is 19.9 Å². The fourth-order valence-corrected chi connectivity index (χ4v) is 2.79. The zero-order chi connectivity index (χ0) is 16.6. The van der Waals surface area contributed by atoms with E-state index in [9.17, 15) is 13.2 Å². The highest BCUT2D eigenvalue weighted by Crippen LogP contribution is 2.35. The van der Waals surface area contributed by atoms with Crippen molar-refractivity contribution >= 4 is 5.82 Å². The summed E-state index contributed by atoms with van der Waals surface area (Å²) >= 11 is 0. The van der Waals surface area contributed by atoms with Gasteiger partial charge < -0.3 is 4.90 Å². The van der Waals surface area contributed by atoms with Crippen LogP contribution in [0.4, 0.5) is 19.0 Å². The summed E-state index contributed by atoms with van der Waals surface area (Å²) in [6.45, 7) is 4.11. The fraction of sp³-hybridized carbons (Fsp3) is 0.467. The van der Waals surface area contributed by atoms with Crippen LogP contribution in [0.3, 0.4) is 0 Å². The van der Waals surface area contributed by atoms with E-state index in [1.807, 2.05) is 17.9 Å². The monoisotopic (exact) mass is 323 g/mol. The van der Waals surface area contributed by atoms with Gasteiger partial charge >= 0.3 is 6.18 Å². The molecule has 0 bridgehead atoms. The lowest BCUT2D eigenvalue weighted by atomic mass is 10.2. The van der Waals surface area contributed by atoms with Gasteiger partial charge in [0.05, 0.1) is 6.04 Å². The topological polar surface area (TPSA) is 54.8 Å². The van der Waals surface area contributed by atoms with Crippen LogP contribution in [0.25, 0.3) is 0 Å². The highest BCUT2D eigenvalue weighted by Gasteiger charge is 2.36. The predicted molar refractivity (Wildman–Crippen MR) is 77.9 cm³/mol. The van der Waals surface area contributed by atoms with E-state index in [-0.39, 0.29) is 11.9 Å². The Labute approximate surface area is 131 Å². The largest absolute Gasteiger partial charge is 0.433 e. The molecule has 0 aromatic carbocycles. The second-order valence-electron chi connectivity index (χ2n) is 5.62. The maximum Gasteiger partial charge on any atom is 0.433 e. The van der Waals surface area contributed by atoms with Gasteiger partial charge in [-0.1, -0.05) is 0 Å². The average Bonchev–Trinajstić information content (AvgIpc) is 2.95. The van der Waals surface area contributed by atoms with Crippen LogP contribution in [-0.4, -0.2) is 26.5 Å². The number of hydrogen-bond acceptors (Lipinski definition) is 5. The standard InChI is InChI=1S/C15H16F3N5/c1-9-7-13(20-8-19-9)23-5-3-4-11(23)14-21-10(2)6-12(22-14)15(16,17)18/h6-8,11H,3-5H2,1-2H3/t11-/m0/s1. The van der Waals surface area contributed by atoms with Gasteiger partial charge in [-0.25, -0.2) is 19.9 Å². The Hall–Kier alpha value is -2.25. The van der Waals surface area contributed by atoms with E-state index in [1.54, 1.807) is 6.92 Å². The van der Waals surface area contributed by atoms with Gasteiger partial charge in [0.1, 0.15) is 17.8 Å². The Kier molecular flexibility index (Phi) is 3.91. The summed E-state index contributed by atoms with van der Waals surface area (Å²) in [6, 6.07) is 2.49. The normalized spacial score (nSPS) is 18.5. The third kappa shape index (κ3) is 3.25. The molecule has 1 atom stereocenters. The summed E-state index contributed by atoms with van der Waals surface area (Å²) in [5, 5.41) is 0. The van der Waals surface area contributed by atoms with Gasteiger partial charge in [0.2, 0.25) is 0 Å². The Balaban J connectivity index is 1.99. The molecule has 23 heavy (non-hydrogen) atoms. The van der Waals surface area contributed by atoms with Crippen molar-refractivity contribution in [2.75, 3.05) is 11.4 Å². The summed E-state index contributed by atoms with van der Waals surface area (Å²) in [7, 11) is 0. The van der Waals surface area contributed by atoms with Gasteiger partial charge in [0.15, 0.2) is 5.82 Å². The van der Waals surface area contributed by atoms with Crippen molar-refractivity contribution in [2.24, 2.45) is 0 Å². The van der Waals surface area contributed by atoms with Crippen LogP contribution in [-0.2, 0) is 6.18 Å². The summed E-state index contributed by atoms with van der Waals surface area (Å²) in [4.78, 5) is 18.2. The van der Waals surface area contributed by atoms with Crippen molar-refractivity contribution in [3.8, 4) is 0 Å². The molecule has 1 fully saturated rings. The lowest BCUT2D eigenvalue weighted by molar-refractivity contribution is -0.141. The predicted octanol–water partition coefficient (Wildman–Crippen LogP) is 3.24. The molecule has 1 saturated heterocycles. The minimum absolute atomic E-state index is 0.200. The van der Waals surface area contributed by atoms with Gasteiger partial charge in [-0.3, -0.25) is 0 Å². The fourth-order valence-electron chi connectivity index (χ4n) is 2.79. The van der Waals surface area contributed by atoms with Crippen LogP contribution in [0.15, 0.2) is 18.5 Å². The number of rotatable bonds is 2. The van der Waals surface area contributed by atoms with Crippen LogP contribution >= 0.6 is 0 Å². The molecule has 0 aliphatic carbocycles. The first-order valence-electron chi connectivity index (χ1n) is 7.32. The van der Waals surface area contributed by atoms with E-state index in [2.05, 4.69) is 19.9 Å². The van der Waals surface area contributed by atoms with E-state index >= 15 is 0 Å². The van der Waals surface area contributed by atoms with Crippen molar-refractivity contribution in [1.29, 1.82) is 0 Å². The first kappa shape index (κ1) is 15.6. The van der Waals surface area contributed by atoms with Gasteiger partial charge in [-0.15, -0.1) is 0 Å². The zero-order valence-electron chi connectivity index (χ0n) is 12.8. The SMILES string of the molecule is Cc1cc(N2CCC[C@H]2c2nc(C)cc(C(F)(F)F)n2)ncn1. The quantitative estimate of drug-likeness (QED) is 0.849. The number of nitrogens with zero attached hydrogens (tertiary/aromatic N) is 5. The second-order valence-corrected chi connectivity index (χ2v) is 5.62. The molecule has 2 aromatic rings. The van der Waals surface area contributed by atoms with Crippen LogP contribution in [0.5, 0.6) is 0 Å². The summed E-state index contributed by atoms with van der Waals surface area (Å²) in [5.74, 6) is 0.893. The highest BCUT2D eigenvalue weighted by molar-refractivity contribution is 5.42. The number of hydrogen-bond donors (Lipinski definition) is 0. The summed E-state index contributed by atoms with van der Waals surface area (Å²) in [6.07, 6.45) is -1.47. The Morgan fingerprint density at radius 3 is 2.57 bits per heavy atom. The molecular weight excluding hydrogens is 307 g/mol. The number of aromatic nitrogens is 4. The maximum absolute atomic E-state index is 13.0. The second kappa shape index (κ2) is 5.75. The van der Waals surface area contributed by atoms with Crippen molar-refractivity contribution in [3.05, 3.63) is 41.4 Å². The van der Waals surface area contributed by atoms with Gasteiger partial charge in [-0.2, -0.15) is 13.2 Å². The highest BCUT2D eigenvalue weighted by atomic mass is 19.4. The number of halogens is 3. The van der Waals surface area contributed by atoms with Crippen LogP contribution in [0.1, 0.15) is 41.8 Å². The molecule has 0 unspecified atom stereocenters. The van der Waals surface area contributed by atoms with Crippen molar-refractivity contribution in [3.63, 3.8) is 0 Å². The number of alkyl halides is 3. The molecule has 1 aliphatic heterocycles. The Bertz CT molecular complexity index is 716. The first-order valence-corrected chi connectivity index (χ1v) is 7.32. The average molecular weight is 323 g/mol. The van der Waals surface area contributed by atoms with Crippen LogP contribution in [0, 0.1) is 13.8 Å². The molecule has 0 saturated carbocycles. The minimum atomic E-state index is -4.47. The van der Waals surface area contributed by atoms with Gasteiger partial charge in [0, 0.05) is 24.0 Å². The third-order valence-corrected chi connectivity index (χ3v) is 3.80. The van der Waals surface area contributed by atoms with E-state index < -0.39 is 11.9 Å². The van der Waals surface area contributed by atoms with Gasteiger partial charge in [0.25, 0.3) is 0 Å². The van der Waals surface area contributed by atoms with Crippen molar-refractivity contribution < 1.29 is 13.2 Å². The molecule has 0 N–H and O–H groups in total. The molecule has 8 heteroatoms. The lowest BCUT2D eigenvalue weighted by Crippen LogP contribution is -2.26. The van der Waals surface area contributed by atoms with Crippen LogP contribution < -0.4 is 4.90 Å². The number of anilines is 1. The first-order chi connectivity index (χ1) is 10.8. The lowest BCUT2D eigenvalue weighted by Gasteiger charge is -2.25. The van der Waals surface area contributed by atoms with Crippen molar-refractivity contribution in [2.45, 2.75) is 38.9 Å². The molecule has 122 valence electrons. The molecule has 0 radical (unpaired) electrons. The van der Waals surface area contributed by atoms with E-state index in [4.69, 9.17) is 0 Å². The molecule has 0 spiro atoms. The van der Waals surface area contributed by atoms with Gasteiger partial charge in [-0.05, 0) is 32.8 Å². The molecule has 3 heterocycles.